The van der Waals surface area contributed by atoms with Crippen molar-refractivity contribution in [3.63, 3.8) is 0 Å². The molecule has 4 heteroatoms. The van der Waals surface area contributed by atoms with E-state index in [2.05, 4.69) is 30.9 Å². The van der Waals surface area contributed by atoms with E-state index in [0.717, 1.165) is 48.6 Å². The largest absolute Gasteiger partial charge is 0.313 e. The molecule has 0 N–H and O–H groups in total. The van der Waals surface area contributed by atoms with Crippen molar-refractivity contribution in [1.29, 1.82) is 0 Å². The van der Waals surface area contributed by atoms with Crippen LogP contribution < -0.4 is 0 Å². The van der Waals surface area contributed by atoms with Crippen LogP contribution >= 0.6 is 0 Å². The molecule has 0 unspecified atom stereocenters. The van der Waals surface area contributed by atoms with E-state index in [9.17, 15) is 8.78 Å². The normalized spacial score (nSPS) is 15.5. The van der Waals surface area contributed by atoms with Gasteiger partial charge in [0, 0.05) is 42.8 Å². The van der Waals surface area contributed by atoms with Crippen molar-refractivity contribution in [3.05, 3.63) is 71.9 Å². The lowest BCUT2D eigenvalue weighted by Crippen LogP contribution is -2.31. The van der Waals surface area contributed by atoms with Gasteiger partial charge in [-0.25, -0.2) is 8.78 Å². The number of hydrogen-bond donors (Lipinski definition) is 0. The SMILES string of the molecule is CC(C)CN1CC=C(c2cn(-c3ccc(F)cc3F)c3ccccc23)CC1. The van der Waals surface area contributed by atoms with Gasteiger partial charge in [0.15, 0.2) is 0 Å². The highest BCUT2D eigenvalue weighted by Gasteiger charge is 2.19. The van der Waals surface area contributed by atoms with E-state index in [1.54, 1.807) is 0 Å². The zero-order chi connectivity index (χ0) is 19.0. The monoisotopic (exact) mass is 366 g/mol. The summed E-state index contributed by atoms with van der Waals surface area (Å²) in [5, 5.41) is 1.10. The van der Waals surface area contributed by atoms with Crippen molar-refractivity contribution in [2.75, 3.05) is 19.6 Å². The molecule has 1 aliphatic heterocycles. The lowest BCUT2D eigenvalue weighted by molar-refractivity contribution is 0.268. The van der Waals surface area contributed by atoms with E-state index in [1.807, 2.05) is 29.0 Å². The highest BCUT2D eigenvalue weighted by Crippen LogP contribution is 2.33. The fourth-order valence-electron chi connectivity index (χ4n) is 3.95. The number of fused-ring (bicyclic) bond motifs is 1. The molecular formula is C23H24F2N2. The Bertz CT molecular complexity index is 1000. The Morgan fingerprint density at radius 3 is 2.59 bits per heavy atom. The number of nitrogens with zero attached hydrogens (tertiary/aromatic N) is 2. The second kappa shape index (κ2) is 7.28. The predicted octanol–water partition coefficient (Wildman–Crippen LogP) is 5.65. The van der Waals surface area contributed by atoms with Crippen LogP contribution in [0, 0.1) is 17.6 Å². The lowest BCUT2D eigenvalue weighted by Gasteiger charge is -2.27. The highest BCUT2D eigenvalue weighted by molar-refractivity contribution is 5.94. The summed E-state index contributed by atoms with van der Waals surface area (Å²) in [4.78, 5) is 2.47. The molecule has 2 heterocycles. The minimum absolute atomic E-state index is 0.372. The van der Waals surface area contributed by atoms with Gasteiger partial charge in [-0.05, 0) is 36.1 Å². The van der Waals surface area contributed by atoms with Gasteiger partial charge in [0.2, 0.25) is 0 Å². The third kappa shape index (κ3) is 3.54. The molecule has 2 aromatic carbocycles. The van der Waals surface area contributed by atoms with Crippen LogP contribution in [0.2, 0.25) is 0 Å². The Kier molecular flexibility index (Phi) is 4.83. The van der Waals surface area contributed by atoms with Crippen LogP contribution in [0.5, 0.6) is 0 Å². The van der Waals surface area contributed by atoms with Crippen LogP contribution in [0.3, 0.4) is 0 Å². The first-order valence-corrected chi connectivity index (χ1v) is 9.50. The first kappa shape index (κ1) is 17.9. The fraction of sp³-hybridized carbons (Fsp3) is 0.304. The van der Waals surface area contributed by atoms with Crippen LogP contribution in [-0.2, 0) is 0 Å². The molecule has 4 rings (SSSR count). The van der Waals surface area contributed by atoms with E-state index < -0.39 is 11.6 Å². The number of aromatic nitrogens is 1. The maximum absolute atomic E-state index is 14.4. The van der Waals surface area contributed by atoms with Crippen LogP contribution in [0.15, 0.2) is 54.7 Å². The fourth-order valence-corrected chi connectivity index (χ4v) is 3.95. The summed E-state index contributed by atoms with van der Waals surface area (Å²) >= 11 is 0. The first-order chi connectivity index (χ1) is 13.0. The highest BCUT2D eigenvalue weighted by atomic mass is 19.1. The van der Waals surface area contributed by atoms with Gasteiger partial charge < -0.3 is 4.57 Å². The van der Waals surface area contributed by atoms with Gasteiger partial charge in [0.25, 0.3) is 0 Å². The van der Waals surface area contributed by atoms with E-state index in [0.29, 0.717) is 11.6 Å². The molecule has 140 valence electrons. The van der Waals surface area contributed by atoms with Gasteiger partial charge >= 0.3 is 0 Å². The summed E-state index contributed by atoms with van der Waals surface area (Å²) in [5.74, 6) is -0.459. The second-order valence-electron chi connectivity index (χ2n) is 7.66. The molecule has 27 heavy (non-hydrogen) atoms. The van der Waals surface area contributed by atoms with Gasteiger partial charge in [0.1, 0.15) is 11.6 Å². The van der Waals surface area contributed by atoms with Crippen molar-refractivity contribution >= 4 is 16.5 Å². The third-order valence-corrected chi connectivity index (χ3v) is 5.14. The Hall–Kier alpha value is -2.46. The zero-order valence-electron chi connectivity index (χ0n) is 15.8. The predicted molar refractivity (Wildman–Crippen MR) is 107 cm³/mol. The van der Waals surface area contributed by atoms with Crippen LogP contribution in [0.25, 0.3) is 22.2 Å². The maximum atomic E-state index is 14.4. The molecule has 0 atom stereocenters. The molecule has 1 aliphatic rings. The molecule has 0 saturated heterocycles. The number of hydrogen-bond acceptors (Lipinski definition) is 1. The van der Waals surface area contributed by atoms with E-state index >= 15 is 0 Å². The molecule has 2 nitrogen and oxygen atoms in total. The summed E-state index contributed by atoms with van der Waals surface area (Å²) in [6.07, 6.45) is 5.26. The summed E-state index contributed by atoms with van der Waals surface area (Å²) in [7, 11) is 0. The molecule has 0 saturated carbocycles. The van der Waals surface area contributed by atoms with E-state index in [1.165, 1.54) is 17.7 Å². The number of benzene rings is 2. The van der Waals surface area contributed by atoms with Gasteiger partial charge in [0.05, 0.1) is 11.2 Å². The summed E-state index contributed by atoms with van der Waals surface area (Å²) < 4.78 is 29.6. The van der Waals surface area contributed by atoms with E-state index in [-0.39, 0.29) is 0 Å². The molecule has 3 aromatic rings. The topological polar surface area (TPSA) is 8.17 Å². The first-order valence-electron chi connectivity index (χ1n) is 9.50. The minimum atomic E-state index is -0.562. The van der Waals surface area contributed by atoms with Crippen molar-refractivity contribution < 1.29 is 8.78 Å². The van der Waals surface area contributed by atoms with Crippen molar-refractivity contribution in [1.82, 2.24) is 9.47 Å². The molecule has 0 amide bonds. The van der Waals surface area contributed by atoms with Gasteiger partial charge in [-0.2, -0.15) is 0 Å². The Balaban J connectivity index is 1.76. The maximum Gasteiger partial charge on any atom is 0.150 e. The molecule has 0 bridgehead atoms. The Morgan fingerprint density at radius 2 is 1.89 bits per heavy atom. The summed E-state index contributed by atoms with van der Waals surface area (Å²) in [6, 6.07) is 11.7. The smallest absolute Gasteiger partial charge is 0.150 e. The van der Waals surface area contributed by atoms with E-state index in [4.69, 9.17) is 0 Å². The molecule has 0 aliphatic carbocycles. The zero-order valence-corrected chi connectivity index (χ0v) is 15.8. The molecular weight excluding hydrogens is 342 g/mol. The summed E-state index contributed by atoms with van der Waals surface area (Å²) in [5.41, 5.74) is 3.74. The Morgan fingerprint density at radius 1 is 1.07 bits per heavy atom. The van der Waals surface area contributed by atoms with Crippen molar-refractivity contribution in [3.8, 4) is 5.69 Å². The molecule has 0 spiro atoms. The standard InChI is InChI=1S/C23H24F2N2/c1-16(2)14-26-11-9-17(10-12-26)20-15-27(22-6-4-3-5-19(20)22)23-8-7-18(24)13-21(23)25/h3-9,13,15-16H,10-12,14H2,1-2H3. The summed E-state index contributed by atoms with van der Waals surface area (Å²) in [6.45, 7) is 7.56. The lowest BCUT2D eigenvalue weighted by atomic mass is 9.98. The quantitative estimate of drug-likeness (QED) is 0.579. The second-order valence-corrected chi connectivity index (χ2v) is 7.66. The van der Waals surface area contributed by atoms with Crippen LogP contribution in [0.4, 0.5) is 8.78 Å². The van der Waals surface area contributed by atoms with Crippen molar-refractivity contribution in [2.24, 2.45) is 5.92 Å². The van der Waals surface area contributed by atoms with Crippen LogP contribution in [-0.4, -0.2) is 29.1 Å². The van der Waals surface area contributed by atoms with Crippen molar-refractivity contribution in [2.45, 2.75) is 20.3 Å². The van der Waals surface area contributed by atoms with Gasteiger partial charge in [-0.15, -0.1) is 0 Å². The van der Waals surface area contributed by atoms with Gasteiger partial charge in [-0.1, -0.05) is 38.1 Å². The average Bonchev–Trinajstić information content (AvgIpc) is 3.01. The molecule has 0 fully saturated rings. The number of rotatable bonds is 4. The average molecular weight is 366 g/mol. The third-order valence-electron chi connectivity index (χ3n) is 5.14. The molecule has 0 radical (unpaired) electrons. The number of halogens is 2. The van der Waals surface area contributed by atoms with Crippen LogP contribution in [0.1, 0.15) is 25.8 Å². The Labute approximate surface area is 158 Å². The van der Waals surface area contributed by atoms with Gasteiger partial charge in [-0.3, -0.25) is 4.90 Å². The molecule has 1 aromatic heterocycles. The minimum Gasteiger partial charge on any atom is -0.313 e. The number of para-hydroxylation sites is 1.